The Hall–Kier alpha value is -1.89. The zero-order chi connectivity index (χ0) is 13.5. The van der Waals surface area contributed by atoms with Gasteiger partial charge in [0.2, 0.25) is 5.91 Å². The number of rotatable bonds is 7. The van der Waals surface area contributed by atoms with Gasteiger partial charge < -0.3 is 16.2 Å². The number of aliphatic carboxylic acids is 1. The van der Waals surface area contributed by atoms with Crippen molar-refractivity contribution in [2.45, 2.75) is 26.3 Å². The molecule has 0 aliphatic rings. The van der Waals surface area contributed by atoms with Crippen LogP contribution in [0.4, 0.5) is 5.69 Å². The van der Waals surface area contributed by atoms with Crippen LogP contribution >= 0.6 is 0 Å². The van der Waals surface area contributed by atoms with E-state index in [1.165, 1.54) is 17.1 Å². The molecular formula is C11H18N4O3. The van der Waals surface area contributed by atoms with Crippen molar-refractivity contribution < 1.29 is 14.7 Å². The number of anilines is 1. The smallest absolute Gasteiger partial charge is 0.325 e. The SMILES string of the molecule is CC(CCCN)C(=O)Nc1cnn(CC(=O)O)c1. The molecule has 0 spiro atoms. The molecule has 1 heterocycles. The zero-order valence-corrected chi connectivity index (χ0v) is 10.3. The Labute approximate surface area is 105 Å². The number of nitrogens with two attached hydrogens (primary N) is 1. The lowest BCUT2D eigenvalue weighted by molar-refractivity contribution is -0.137. The van der Waals surface area contributed by atoms with Crippen molar-refractivity contribution in [1.29, 1.82) is 0 Å². The van der Waals surface area contributed by atoms with Crippen LogP contribution in [0.1, 0.15) is 19.8 Å². The van der Waals surface area contributed by atoms with E-state index in [2.05, 4.69) is 10.4 Å². The summed E-state index contributed by atoms with van der Waals surface area (Å²) in [6.45, 7) is 2.17. The molecule has 7 heteroatoms. The largest absolute Gasteiger partial charge is 0.480 e. The number of carboxylic acids is 1. The van der Waals surface area contributed by atoms with Crippen LogP contribution in [0.5, 0.6) is 0 Å². The van der Waals surface area contributed by atoms with Crippen molar-refractivity contribution in [1.82, 2.24) is 9.78 Å². The summed E-state index contributed by atoms with van der Waals surface area (Å²) in [5.41, 5.74) is 5.88. The molecule has 18 heavy (non-hydrogen) atoms. The van der Waals surface area contributed by atoms with Gasteiger partial charge >= 0.3 is 5.97 Å². The highest BCUT2D eigenvalue weighted by Crippen LogP contribution is 2.10. The zero-order valence-electron chi connectivity index (χ0n) is 10.3. The van der Waals surface area contributed by atoms with Gasteiger partial charge in [-0.2, -0.15) is 5.10 Å². The van der Waals surface area contributed by atoms with E-state index in [1.807, 2.05) is 6.92 Å². The third-order valence-corrected chi connectivity index (χ3v) is 2.49. The molecule has 1 aromatic rings. The summed E-state index contributed by atoms with van der Waals surface area (Å²) in [6.07, 6.45) is 4.44. The van der Waals surface area contributed by atoms with Gasteiger partial charge in [-0.3, -0.25) is 14.3 Å². The highest BCUT2D eigenvalue weighted by Gasteiger charge is 2.13. The second-order valence-electron chi connectivity index (χ2n) is 4.14. The Morgan fingerprint density at radius 1 is 1.61 bits per heavy atom. The van der Waals surface area contributed by atoms with E-state index in [0.717, 1.165) is 12.8 Å². The average molecular weight is 254 g/mol. The quantitative estimate of drug-likeness (QED) is 0.647. The molecule has 1 rings (SSSR count). The highest BCUT2D eigenvalue weighted by atomic mass is 16.4. The number of carbonyl (C=O) groups is 2. The van der Waals surface area contributed by atoms with E-state index in [0.29, 0.717) is 12.2 Å². The molecule has 100 valence electrons. The number of hydrogen-bond donors (Lipinski definition) is 3. The van der Waals surface area contributed by atoms with Crippen molar-refractivity contribution in [2.24, 2.45) is 11.7 Å². The van der Waals surface area contributed by atoms with Gasteiger partial charge in [-0.1, -0.05) is 6.92 Å². The van der Waals surface area contributed by atoms with Crippen LogP contribution in [-0.2, 0) is 16.1 Å². The summed E-state index contributed by atoms with van der Waals surface area (Å²) < 4.78 is 1.25. The maximum absolute atomic E-state index is 11.7. The lowest BCUT2D eigenvalue weighted by atomic mass is 10.1. The van der Waals surface area contributed by atoms with Gasteiger partial charge in [-0.15, -0.1) is 0 Å². The molecule has 0 radical (unpaired) electrons. The first-order chi connectivity index (χ1) is 8.52. The van der Waals surface area contributed by atoms with Crippen molar-refractivity contribution in [3.8, 4) is 0 Å². The van der Waals surface area contributed by atoms with Gasteiger partial charge in [-0.05, 0) is 19.4 Å². The summed E-state index contributed by atoms with van der Waals surface area (Å²) in [5, 5.41) is 15.1. The molecule has 1 amide bonds. The molecule has 1 aromatic heterocycles. The number of carboxylic acid groups (broad SMARTS) is 1. The fourth-order valence-corrected chi connectivity index (χ4v) is 1.47. The predicted molar refractivity (Wildman–Crippen MR) is 65.9 cm³/mol. The number of carbonyl (C=O) groups excluding carboxylic acids is 1. The molecule has 0 bridgehead atoms. The summed E-state index contributed by atoms with van der Waals surface area (Å²) in [5.74, 6) is -1.22. The predicted octanol–water partition coefficient (Wildman–Crippen LogP) is 0.281. The Balaban J connectivity index is 2.48. The summed E-state index contributed by atoms with van der Waals surface area (Å²) in [6, 6.07) is 0. The fourth-order valence-electron chi connectivity index (χ4n) is 1.47. The van der Waals surface area contributed by atoms with Crippen molar-refractivity contribution in [2.75, 3.05) is 11.9 Å². The Morgan fingerprint density at radius 2 is 2.33 bits per heavy atom. The third-order valence-electron chi connectivity index (χ3n) is 2.49. The highest BCUT2D eigenvalue weighted by molar-refractivity contribution is 5.92. The number of hydrogen-bond acceptors (Lipinski definition) is 4. The van der Waals surface area contributed by atoms with Gasteiger partial charge in [0.15, 0.2) is 0 Å². The second kappa shape index (κ2) is 6.75. The van der Waals surface area contributed by atoms with E-state index in [4.69, 9.17) is 10.8 Å². The first-order valence-electron chi connectivity index (χ1n) is 5.78. The molecule has 4 N–H and O–H groups in total. The lowest BCUT2D eigenvalue weighted by Crippen LogP contribution is -2.21. The summed E-state index contributed by atoms with van der Waals surface area (Å²) in [4.78, 5) is 22.2. The molecule has 0 fully saturated rings. The first-order valence-corrected chi connectivity index (χ1v) is 5.78. The van der Waals surface area contributed by atoms with E-state index in [-0.39, 0.29) is 18.4 Å². The topological polar surface area (TPSA) is 110 Å². The Kier molecular flexibility index (Phi) is 5.31. The van der Waals surface area contributed by atoms with Gasteiger partial charge in [0, 0.05) is 12.1 Å². The van der Waals surface area contributed by atoms with Crippen LogP contribution in [0.15, 0.2) is 12.4 Å². The number of nitrogens with zero attached hydrogens (tertiary/aromatic N) is 2. The van der Waals surface area contributed by atoms with Crippen LogP contribution in [0.2, 0.25) is 0 Å². The first kappa shape index (κ1) is 14.2. The maximum Gasteiger partial charge on any atom is 0.325 e. The minimum absolute atomic E-state index is 0.113. The number of amides is 1. The van der Waals surface area contributed by atoms with Crippen LogP contribution < -0.4 is 11.1 Å². The van der Waals surface area contributed by atoms with Gasteiger partial charge in [-0.25, -0.2) is 0 Å². The van der Waals surface area contributed by atoms with Crippen LogP contribution in [-0.4, -0.2) is 33.3 Å². The standard InChI is InChI=1S/C11H18N4O3/c1-8(3-2-4-12)11(18)14-9-5-13-15(6-9)7-10(16)17/h5-6,8H,2-4,7,12H2,1H3,(H,14,18)(H,16,17). The van der Waals surface area contributed by atoms with E-state index >= 15 is 0 Å². The van der Waals surface area contributed by atoms with E-state index < -0.39 is 5.97 Å². The monoisotopic (exact) mass is 254 g/mol. The molecule has 1 atom stereocenters. The molecular weight excluding hydrogens is 236 g/mol. The van der Waals surface area contributed by atoms with E-state index in [1.54, 1.807) is 0 Å². The number of aromatic nitrogens is 2. The van der Waals surface area contributed by atoms with Gasteiger partial charge in [0.05, 0.1) is 11.9 Å². The van der Waals surface area contributed by atoms with Crippen LogP contribution in [0.25, 0.3) is 0 Å². The van der Waals surface area contributed by atoms with E-state index in [9.17, 15) is 9.59 Å². The van der Waals surface area contributed by atoms with Gasteiger partial charge in [0.25, 0.3) is 0 Å². The average Bonchev–Trinajstić information content (AvgIpc) is 2.72. The minimum atomic E-state index is -0.979. The molecule has 1 unspecified atom stereocenters. The van der Waals surface area contributed by atoms with Gasteiger partial charge in [0.1, 0.15) is 6.54 Å². The fraction of sp³-hybridized carbons (Fsp3) is 0.545. The Bertz CT molecular complexity index is 416. The van der Waals surface area contributed by atoms with Crippen LogP contribution in [0.3, 0.4) is 0 Å². The lowest BCUT2D eigenvalue weighted by Gasteiger charge is -2.09. The van der Waals surface area contributed by atoms with Crippen molar-refractivity contribution in [3.63, 3.8) is 0 Å². The molecule has 0 aromatic carbocycles. The third kappa shape index (κ3) is 4.54. The normalized spacial score (nSPS) is 12.1. The molecule has 0 saturated carbocycles. The summed E-state index contributed by atoms with van der Waals surface area (Å²) >= 11 is 0. The molecule has 0 aliphatic carbocycles. The molecule has 0 aliphatic heterocycles. The van der Waals surface area contributed by atoms with Crippen molar-refractivity contribution in [3.05, 3.63) is 12.4 Å². The van der Waals surface area contributed by atoms with Crippen LogP contribution in [0, 0.1) is 5.92 Å². The second-order valence-corrected chi connectivity index (χ2v) is 4.14. The molecule has 7 nitrogen and oxygen atoms in total. The Morgan fingerprint density at radius 3 is 2.94 bits per heavy atom. The molecule has 0 saturated heterocycles. The maximum atomic E-state index is 11.7. The summed E-state index contributed by atoms with van der Waals surface area (Å²) in [7, 11) is 0. The number of nitrogens with one attached hydrogen (secondary N) is 1. The minimum Gasteiger partial charge on any atom is -0.480 e. The van der Waals surface area contributed by atoms with Crippen molar-refractivity contribution >= 4 is 17.6 Å².